The molecule has 0 unspecified atom stereocenters. The third kappa shape index (κ3) is 3.44. The molecule has 20 heavy (non-hydrogen) atoms. The van der Waals surface area contributed by atoms with Crippen LogP contribution in [0.2, 0.25) is 0 Å². The number of amides is 2. The maximum atomic E-state index is 12.8. The molecule has 1 heterocycles. The van der Waals surface area contributed by atoms with Gasteiger partial charge in [0.05, 0.1) is 11.3 Å². The number of urea groups is 1. The van der Waals surface area contributed by atoms with Gasteiger partial charge in [-0.25, -0.2) is 4.79 Å². The zero-order chi connectivity index (χ0) is 14.8. The van der Waals surface area contributed by atoms with Crippen molar-refractivity contribution in [3.63, 3.8) is 0 Å². The van der Waals surface area contributed by atoms with Gasteiger partial charge >= 0.3 is 12.2 Å². The van der Waals surface area contributed by atoms with E-state index in [1.54, 1.807) is 11.9 Å². The minimum absolute atomic E-state index is 0.292. The van der Waals surface area contributed by atoms with Gasteiger partial charge in [0.1, 0.15) is 0 Å². The van der Waals surface area contributed by atoms with E-state index in [2.05, 4.69) is 10.3 Å². The quantitative estimate of drug-likeness (QED) is 0.866. The Balaban J connectivity index is 2.16. The molecule has 0 saturated carbocycles. The first kappa shape index (κ1) is 14.7. The Kier molecular flexibility index (Phi) is 4.22. The van der Waals surface area contributed by atoms with Gasteiger partial charge in [0.15, 0.2) is 5.17 Å². The second-order valence-electron chi connectivity index (χ2n) is 4.14. The van der Waals surface area contributed by atoms with Crippen LogP contribution in [0.15, 0.2) is 29.3 Å². The standard InChI is InChI=1S/C12H12F3N3OS/c1-18-6-7-20-11(18)17-10(19)16-9-5-3-2-4-8(9)12(13,14)15/h2-5H,6-7H2,1H3,(H,16,19). The number of benzene rings is 1. The Morgan fingerprint density at radius 2 is 2.10 bits per heavy atom. The molecule has 2 rings (SSSR count). The molecule has 1 aliphatic rings. The highest BCUT2D eigenvalue weighted by Crippen LogP contribution is 2.34. The van der Waals surface area contributed by atoms with E-state index in [1.165, 1.54) is 30.0 Å². The molecular weight excluding hydrogens is 291 g/mol. The highest BCUT2D eigenvalue weighted by Gasteiger charge is 2.33. The number of thioether (sulfide) groups is 1. The van der Waals surface area contributed by atoms with Crippen LogP contribution in [0.3, 0.4) is 0 Å². The number of hydrogen-bond donors (Lipinski definition) is 1. The molecule has 1 N–H and O–H groups in total. The molecule has 0 aliphatic carbocycles. The first-order valence-electron chi connectivity index (χ1n) is 5.78. The van der Waals surface area contributed by atoms with Crippen LogP contribution in [0.1, 0.15) is 5.56 Å². The Morgan fingerprint density at radius 1 is 1.40 bits per heavy atom. The second-order valence-corrected chi connectivity index (χ2v) is 5.20. The predicted octanol–water partition coefficient (Wildman–Crippen LogP) is 3.27. The molecule has 1 aromatic rings. The van der Waals surface area contributed by atoms with Gasteiger partial charge in [-0.1, -0.05) is 23.9 Å². The van der Waals surface area contributed by atoms with Crippen molar-refractivity contribution < 1.29 is 18.0 Å². The van der Waals surface area contributed by atoms with E-state index in [-0.39, 0.29) is 5.69 Å². The number of alkyl halides is 3. The SMILES string of the molecule is CN1CCSC1=NC(=O)Nc1ccccc1C(F)(F)F. The summed E-state index contributed by atoms with van der Waals surface area (Å²) in [6.45, 7) is 0.760. The number of rotatable bonds is 1. The molecule has 2 amide bonds. The number of amidine groups is 1. The molecule has 1 aliphatic heterocycles. The van der Waals surface area contributed by atoms with Gasteiger partial charge in [-0.05, 0) is 12.1 Å². The Morgan fingerprint density at radius 3 is 2.70 bits per heavy atom. The average Bonchev–Trinajstić information content (AvgIpc) is 2.74. The molecule has 8 heteroatoms. The smallest absolute Gasteiger partial charge is 0.353 e. The lowest BCUT2D eigenvalue weighted by Crippen LogP contribution is -2.21. The molecule has 4 nitrogen and oxygen atoms in total. The topological polar surface area (TPSA) is 44.7 Å². The highest BCUT2D eigenvalue weighted by molar-refractivity contribution is 8.14. The lowest BCUT2D eigenvalue weighted by Gasteiger charge is -2.13. The van der Waals surface area contributed by atoms with Crippen LogP contribution >= 0.6 is 11.8 Å². The molecule has 0 radical (unpaired) electrons. The fourth-order valence-corrected chi connectivity index (χ4v) is 2.67. The summed E-state index contributed by atoms with van der Waals surface area (Å²) < 4.78 is 38.3. The predicted molar refractivity (Wildman–Crippen MR) is 73.0 cm³/mol. The fraction of sp³-hybridized carbons (Fsp3) is 0.333. The maximum Gasteiger partial charge on any atom is 0.418 e. The Bertz CT molecular complexity index is 545. The minimum Gasteiger partial charge on any atom is -0.353 e. The molecule has 0 spiro atoms. The van der Waals surface area contributed by atoms with Crippen LogP contribution in [-0.2, 0) is 6.18 Å². The lowest BCUT2D eigenvalue weighted by atomic mass is 10.1. The molecule has 108 valence electrons. The van der Waals surface area contributed by atoms with Crippen LogP contribution in [0, 0.1) is 0 Å². The van der Waals surface area contributed by atoms with Crippen molar-refractivity contribution in [3.8, 4) is 0 Å². The number of halogens is 3. The van der Waals surface area contributed by atoms with Crippen molar-refractivity contribution in [1.82, 2.24) is 4.90 Å². The van der Waals surface area contributed by atoms with E-state index in [0.29, 0.717) is 5.17 Å². The summed E-state index contributed by atoms with van der Waals surface area (Å²) in [4.78, 5) is 17.2. The first-order valence-corrected chi connectivity index (χ1v) is 6.76. The van der Waals surface area contributed by atoms with E-state index >= 15 is 0 Å². The van der Waals surface area contributed by atoms with Crippen molar-refractivity contribution in [2.45, 2.75) is 6.18 Å². The van der Waals surface area contributed by atoms with E-state index in [4.69, 9.17) is 0 Å². The van der Waals surface area contributed by atoms with Crippen LogP contribution in [0.4, 0.5) is 23.7 Å². The number of anilines is 1. The maximum absolute atomic E-state index is 12.8. The number of carbonyl (C=O) groups excluding carboxylic acids is 1. The molecule has 0 aromatic heterocycles. The fourth-order valence-electron chi connectivity index (χ4n) is 1.67. The lowest BCUT2D eigenvalue weighted by molar-refractivity contribution is -0.136. The zero-order valence-corrected chi connectivity index (χ0v) is 11.4. The molecule has 1 aromatic carbocycles. The van der Waals surface area contributed by atoms with E-state index in [9.17, 15) is 18.0 Å². The van der Waals surface area contributed by atoms with Crippen molar-refractivity contribution in [1.29, 1.82) is 0 Å². The van der Waals surface area contributed by atoms with Crippen molar-refractivity contribution >= 4 is 28.6 Å². The number of aliphatic imine (C=N–C) groups is 1. The number of nitrogens with one attached hydrogen (secondary N) is 1. The van der Waals surface area contributed by atoms with E-state index in [0.717, 1.165) is 18.4 Å². The largest absolute Gasteiger partial charge is 0.418 e. The number of nitrogens with zero attached hydrogens (tertiary/aromatic N) is 2. The summed E-state index contributed by atoms with van der Waals surface area (Å²) >= 11 is 1.39. The monoisotopic (exact) mass is 303 g/mol. The Labute approximate surface area is 118 Å². The Hall–Kier alpha value is -1.70. The second kappa shape index (κ2) is 5.74. The van der Waals surface area contributed by atoms with Gasteiger partial charge < -0.3 is 10.2 Å². The normalized spacial score (nSPS) is 17.6. The van der Waals surface area contributed by atoms with Gasteiger partial charge in [-0.3, -0.25) is 0 Å². The summed E-state index contributed by atoms with van der Waals surface area (Å²) in [7, 11) is 1.77. The molecule has 1 saturated heterocycles. The summed E-state index contributed by atoms with van der Waals surface area (Å²) in [6.07, 6.45) is -4.52. The van der Waals surface area contributed by atoms with Gasteiger partial charge in [0, 0.05) is 19.3 Å². The molecule has 1 fully saturated rings. The minimum atomic E-state index is -4.52. The summed E-state index contributed by atoms with van der Waals surface area (Å²) in [5.74, 6) is 0.807. The zero-order valence-electron chi connectivity index (χ0n) is 10.6. The third-order valence-corrected chi connectivity index (χ3v) is 3.70. The van der Waals surface area contributed by atoms with Crippen LogP contribution in [0.5, 0.6) is 0 Å². The first-order chi connectivity index (χ1) is 9.38. The molecular formula is C12H12F3N3OS. The van der Waals surface area contributed by atoms with Gasteiger partial charge in [-0.15, -0.1) is 0 Å². The number of para-hydroxylation sites is 1. The van der Waals surface area contributed by atoms with Crippen molar-refractivity contribution in [2.24, 2.45) is 4.99 Å². The van der Waals surface area contributed by atoms with E-state index < -0.39 is 17.8 Å². The highest BCUT2D eigenvalue weighted by atomic mass is 32.2. The summed E-state index contributed by atoms with van der Waals surface area (Å²) in [6, 6.07) is 4.00. The average molecular weight is 303 g/mol. The number of carbonyl (C=O) groups is 1. The van der Waals surface area contributed by atoms with Crippen LogP contribution in [-0.4, -0.2) is 35.4 Å². The third-order valence-electron chi connectivity index (χ3n) is 2.66. The van der Waals surface area contributed by atoms with Crippen LogP contribution in [0.25, 0.3) is 0 Å². The van der Waals surface area contributed by atoms with E-state index in [1.807, 2.05) is 0 Å². The molecule has 0 atom stereocenters. The summed E-state index contributed by atoms with van der Waals surface area (Å²) in [5, 5.41) is 2.68. The van der Waals surface area contributed by atoms with Crippen LogP contribution < -0.4 is 5.32 Å². The van der Waals surface area contributed by atoms with Crippen molar-refractivity contribution in [2.75, 3.05) is 24.7 Å². The van der Waals surface area contributed by atoms with Crippen molar-refractivity contribution in [3.05, 3.63) is 29.8 Å². The molecule has 0 bridgehead atoms. The summed E-state index contributed by atoms with van der Waals surface area (Å²) in [5.41, 5.74) is -1.18. The van der Waals surface area contributed by atoms with Gasteiger partial charge in [-0.2, -0.15) is 18.2 Å². The van der Waals surface area contributed by atoms with Gasteiger partial charge in [0.2, 0.25) is 0 Å². The van der Waals surface area contributed by atoms with Gasteiger partial charge in [0.25, 0.3) is 0 Å². The number of hydrogen-bond acceptors (Lipinski definition) is 2.